The predicted octanol–water partition coefficient (Wildman–Crippen LogP) is 25.3. The number of unbranched alkanes of at least 4 members (excludes halogenated alkanes) is 24. The molecule has 0 saturated heterocycles. The summed E-state index contributed by atoms with van der Waals surface area (Å²) in [5.74, 6) is -2.38. The van der Waals surface area contributed by atoms with Gasteiger partial charge in [0, 0.05) is 25.7 Å². The van der Waals surface area contributed by atoms with E-state index in [4.69, 9.17) is 37.0 Å². The summed E-state index contributed by atoms with van der Waals surface area (Å²) >= 11 is 0. The van der Waals surface area contributed by atoms with Crippen LogP contribution in [-0.4, -0.2) is 96.7 Å². The van der Waals surface area contributed by atoms with Crippen LogP contribution < -0.4 is 0 Å². The van der Waals surface area contributed by atoms with E-state index in [1.807, 2.05) is 30.4 Å². The normalized spacial score (nSPS) is 14.6. The van der Waals surface area contributed by atoms with Gasteiger partial charge in [-0.25, -0.2) is 9.13 Å². The Balaban J connectivity index is 5.54. The first-order valence-corrected chi connectivity index (χ1v) is 45.4. The molecule has 2 unspecified atom stereocenters. The molecule has 626 valence electrons. The number of phosphoric ester groups is 2. The van der Waals surface area contributed by atoms with Crippen molar-refractivity contribution >= 4 is 39.5 Å². The largest absolute Gasteiger partial charge is 0.472 e. The monoisotopic (exact) mass is 1580 g/mol. The summed E-state index contributed by atoms with van der Waals surface area (Å²) in [5, 5.41) is 10.7. The van der Waals surface area contributed by atoms with Crippen LogP contribution in [0.3, 0.4) is 0 Å². The van der Waals surface area contributed by atoms with Crippen molar-refractivity contribution in [3.05, 3.63) is 170 Å². The zero-order valence-corrected chi connectivity index (χ0v) is 70.4. The van der Waals surface area contributed by atoms with Gasteiger partial charge < -0.3 is 33.8 Å². The first-order chi connectivity index (χ1) is 53.7. The Morgan fingerprint density at radius 2 is 0.500 bits per heavy atom. The molecular weight excluding hydrogens is 1430 g/mol. The number of aliphatic hydroxyl groups excluding tert-OH is 1. The van der Waals surface area contributed by atoms with E-state index in [1.54, 1.807) is 0 Å². The fourth-order valence-corrected chi connectivity index (χ4v) is 12.3. The molecule has 0 bridgehead atoms. The molecule has 0 aromatic heterocycles. The van der Waals surface area contributed by atoms with Crippen LogP contribution in [0, 0.1) is 0 Å². The molecule has 0 radical (unpaired) electrons. The molecule has 0 aromatic rings. The Morgan fingerprint density at radius 3 is 0.836 bits per heavy atom. The molecule has 0 rings (SSSR count). The minimum Gasteiger partial charge on any atom is -0.462 e. The minimum absolute atomic E-state index is 0.0337. The zero-order valence-electron chi connectivity index (χ0n) is 68.6. The van der Waals surface area contributed by atoms with Gasteiger partial charge in [0.05, 0.1) is 26.4 Å². The predicted molar refractivity (Wildman–Crippen MR) is 454 cm³/mol. The van der Waals surface area contributed by atoms with E-state index in [9.17, 15) is 43.2 Å². The number of aliphatic hydroxyl groups is 1. The second-order valence-electron chi connectivity index (χ2n) is 27.7. The lowest BCUT2D eigenvalue weighted by Gasteiger charge is -2.21. The Morgan fingerprint density at radius 1 is 0.264 bits per heavy atom. The van der Waals surface area contributed by atoms with E-state index in [2.05, 4.69) is 167 Å². The average molecular weight is 1580 g/mol. The Labute approximate surface area is 667 Å². The van der Waals surface area contributed by atoms with Crippen LogP contribution in [0.4, 0.5) is 0 Å². The molecule has 17 nitrogen and oxygen atoms in total. The van der Waals surface area contributed by atoms with Gasteiger partial charge in [-0.3, -0.25) is 37.3 Å². The molecule has 19 heteroatoms. The molecule has 0 aliphatic rings. The molecule has 3 N–H and O–H groups in total. The van der Waals surface area contributed by atoms with Crippen molar-refractivity contribution in [2.75, 3.05) is 39.6 Å². The fraction of sp³-hybridized carbons (Fsp3) is 0.648. The summed E-state index contributed by atoms with van der Waals surface area (Å²) in [7, 11) is -10.0. The number of carbonyl (C=O) groups excluding carboxylic acids is 4. The number of phosphoric acid groups is 2. The van der Waals surface area contributed by atoms with Crippen molar-refractivity contribution in [1.82, 2.24) is 0 Å². The number of esters is 4. The van der Waals surface area contributed by atoms with E-state index >= 15 is 0 Å². The number of hydrogen-bond donors (Lipinski definition) is 3. The van der Waals surface area contributed by atoms with Gasteiger partial charge in [0.25, 0.3) is 0 Å². The summed E-state index contributed by atoms with van der Waals surface area (Å²) in [6, 6.07) is 0. The third kappa shape index (κ3) is 80.5. The van der Waals surface area contributed by atoms with Crippen LogP contribution in [0.2, 0.25) is 0 Å². The number of rotatable bonds is 78. The highest BCUT2D eigenvalue weighted by atomic mass is 31.2. The summed E-state index contributed by atoms with van der Waals surface area (Å²) < 4.78 is 68.6. The Kier molecular flexibility index (Phi) is 77.3. The Bertz CT molecular complexity index is 2750. The molecule has 0 aromatic carbocycles. The van der Waals surface area contributed by atoms with E-state index in [1.165, 1.54) is 103 Å². The second kappa shape index (κ2) is 81.4. The smallest absolute Gasteiger partial charge is 0.462 e. The molecule has 0 amide bonds. The van der Waals surface area contributed by atoms with Crippen molar-refractivity contribution in [2.45, 2.75) is 341 Å². The lowest BCUT2D eigenvalue weighted by Crippen LogP contribution is -2.30. The fourth-order valence-electron chi connectivity index (χ4n) is 10.8. The van der Waals surface area contributed by atoms with Gasteiger partial charge in [0.2, 0.25) is 0 Å². The second-order valence-corrected chi connectivity index (χ2v) is 30.6. The SMILES string of the molecule is CC/C=C\C/C=C\C/C=C\C/C=C\C/C=C\CCCCCC(=O)O[C@H](COC(=O)CCC/C=C\C/C=C\C/C=C\C/C=C\CCCCC)COP(=O)(O)OC[C@@H](O)COP(=O)(O)OC[C@@H](COC(=O)CCCCCCCCCCCCCCCCC)OC(=O)CC/C=C\C/C=C\C/C=C\C/C=C\C/C=C\CCCCC. The van der Waals surface area contributed by atoms with E-state index < -0.39 is 97.5 Å². The van der Waals surface area contributed by atoms with Crippen molar-refractivity contribution in [2.24, 2.45) is 0 Å². The zero-order chi connectivity index (χ0) is 80.3. The number of hydrogen-bond acceptors (Lipinski definition) is 15. The molecule has 0 aliphatic heterocycles. The molecule has 0 fully saturated rings. The lowest BCUT2D eigenvalue weighted by molar-refractivity contribution is -0.161. The van der Waals surface area contributed by atoms with Crippen LogP contribution in [0.5, 0.6) is 0 Å². The summed E-state index contributed by atoms with van der Waals surface area (Å²) in [6.45, 7) is 4.54. The Hall–Kier alpha value is -5.58. The highest BCUT2D eigenvalue weighted by molar-refractivity contribution is 7.47. The average Bonchev–Trinajstić information content (AvgIpc) is 0.907. The van der Waals surface area contributed by atoms with E-state index in [0.29, 0.717) is 38.5 Å². The molecule has 0 saturated carbocycles. The number of allylic oxidation sites excluding steroid dienone is 28. The van der Waals surface area contributed by atoms with Gasteiger partial charge in [0.15, 0.2) is 12.2 Å². The van der Waals surface area contributed by atoms with Gasteiger partial charge in [-0.05, 0) is 148 Å². The maximum absolute atomic E-state index is 13.1. The van der Waals surface area contributed by atoms with E-state index in [-0.39, 0.29) is 25.7 Å². The van der Waals surface area contributed by atoms with Crippen LogP contribution in [0.15, 0.2) is 170 Å². The summed E-state index contributed by atoms with van der Waals surface area (Å²) in [4.78, 5) is 73.2. The highest BCUT2D eigenvalue weighted by Gasteiger charge is 2.30. The molecule has 0 aliphatic carbocycles. The van der Waals surface area contributed by atoms with Gasteiger partial charge in [-0.15, -0.1) is 0 Å². The number of ether oxygens (including phenoxy) is 4. The van der Waals surface area contributed by atoms with Gasteiger partial charge in [0.1, 0.15) is 19.3 Å². The minimum atomic E-state index is -5.02. The molecule has 0 heterocycles. The van der Waals surface area contributed by atoms with Crippen LogP contribution >= 0.6 is 15.6 Å². The quantitative estimate of drug-likeness (QED) is 0.0169. The molecular formula is C91H150O17P2. The first-order valence-electron chi connectivity index (χ1n) is 42.4. The van der Waals surface area contributed by atoms with Crippen molar-refractivity contribution in [1.29, 1.82) is 0 Å². The molecule has 110 heavy (non-hydrogen) atoms. The third-order valence-corrected chi connectivity index (χ3v) is 19.1. The van der Waals surface area contributed by atoms with Gasteiger partial charge in [-0.2, -0.15) is 0 Å². The van der Waals surface area contributed by atoms with Crippen molar-refractivity contribution in [3.8, 4) is 0 Å². The standard InChI is InChI=1S/C91H150O17P2/c1-5-9-13-17-21-25-29-33-37-40-42-45-49-53-57-61-65-69-73-77-90(95)107-86(81-101-88(93)75-71-67-63-59-55-51-47-36-32-28-24-20-16-12-8-4)83-105-109(97,98)103-79-85(92)80-104-110(99,100)106-84-87(82-102-89(94)76-72-68-64-60-56-52-48-44-39-35-31-27-23-19-15-11-7-3)108-91(96)78-74-70-66-62-58-54-50-46-43-41-38-34-30-26-22-18-14-10-6-2/h10,14,21-23,25-27,33-35,37-39,42-43,45-46,48,52-54,57-58,60,64-65,69,85-87,92H,5-9,11-13,15-20,24,28-32,36,40-41,44,47,49-51,55-56,59,61-63,66-68,70-84H2,1-4H3,(H,97,98)(H,99,100)/b14-10-,25-21-,26-22-,27-23-,37-33-,38-34-,39-35-,45-42-,46-43-,52-48-,57-53-,58-54-,64-60-,69-65-/t85-,86+,87+/m0/s1. The summed E-state index contributed by atoms with van der Waals surface area (Å²) in [5.41, 5.74) is 0. The maximum atomic E-state index is 13.1. The van der Waals surface area contributed by atoms with Crippen LogP contribution in [0.1, 0.15) is 323 Å². The molecule has 5 atom stereocenters. The van der Waals surface area contributed by atoms with E-state index in [0.717, 1.165) is 128 Å². The first kappa shape index (κ1) is 104. The third-order valence-electron chi connectivity index (χ3n) is 17.2. The van der Waals surface area contributed by atoms with Gasteiger partial charge in [-0.1, -0.05) is 320 Å². The maximum Gasteiger partial charge on any atom is 0.472 e. The summed E-state index contributed by atoms with van der Waals surface area (Å²) in [6.07, 6.45) is 97.7. The van der Waals surface area contributed by atoms with Crippen LogP contribution in [-0.2, 0) is 65.4 Å². The number of carbonyl (C=O) groups is 4. The van der Waals surface area contributed by atoms with Crippen molar-refractivity contribution in [3.63, 3.8) is 0 Å². The van der Waals surface area contributed by atoms with Gasteiger partial charge >= 0.3 is 39.5 Å². The van der Waals surface area contributed by atoms with Crippen molar-refractivity contribution < 1.29 is 80.2 Å². The van der Waals surface area contributed by atoms with Crippen LogP contribution in [0.25, 0.3) is 0 Å². The topological polar surface area (TPSA) is 237 Å². The lowest BCUT2D eigenvalue weighted by atomic mass is 10.0. The highest BCUT2D eigenvalue weighted by Crippen LogP contribution is 2.45. The molecule has 0 spiro atoms.